The van der Waals surface area contributed by atoms with Crippen molar-refractivity contribution in [2.75, 3.05) is 13.2 Å². The molecule has 0 rings (SSSR count). The molecule has 0 heterocycles. The van der Waals surface area contributed by atoms with E-state index >= 15 is 0 Å². The summed E-state index contributed by atoms with van der Waals surface area (Å²) < 4.78 is 17.0. The zero-order chi connectivity index (χ0) is 57.1. The van der Waals surface area contributed by atoms with Gasteiger partial charge in [-0.25, -0.2) is 0 Å². The predicted octanol–water partition coefficient (Wildman–Crippen LogP) is 24.6. The van der Waals surface area contributed by atoms with Crippen LogP contribution in [0, 0.1) is 0 Å². The van der Waals surface area contributed by atoms with Crippen molar-refractivity contribution in [1.29, 1.82) is 0 Å². The zero-order valence-corrected chi connectivity index (χ0v) is 53.7. The van der Waals surface area contributed by atoms with E-state index in [1.165, 1.54) is 302 Å². The van der Waals surface area contributed by atoms with Gasteiger partial charge in [0.05, 0.1) is 0 Å². The molecule has 466 valence electrons. The number of hydrogen-bond acceptors (Lipinski definition) is 6. The first-order valence-electron chi connectivity index (χ1n) is 35.8. The maximum Gasteiger partial charge on any atom is 0.306 e. The van der Waals surface area contributed by atoms with Crippen LogP contribution in [0.25, 0.3) is 0 Å². The van der Waals surface area contributed by atoms with Crippen molar-refractivity contribution in [3.63, 3.8) is 0 Å². The molecule has 0 aromatic carbocycles. The van der Waals surface area contributed by atoms with Crippen LogP contribution in [-0.2, 0) is 28.6 Å². The largest absolute Gasteiger partial charge is 0.462 e. The Labute approximate surface area is 493 Å². The first-order chi connectivity index (χ1) is 39.0. The van der Waals surface area contributed by atoms with Gasteiger partial charge in [-0.15, -0.1) is 0 Å². The van der Waals surface area contributed by atoms with Crippen molar-refractivity contribution < 1.29 is 28.6 Å². The third-order valence-electron chi connectivity index (χ3n) is 16.5. The SMILES string of the molecule is CCCCC/C=C\C/C=C\CCCCCCCCCCCC(=O)OC(COC(=O)CCCCCCCCCCCCC)COC(=O)CCCCCCCCCCCCCCCCCCCCCCCCCCCCCCCCC. The third-order valence-corrected chi connectivity index (χ3v) is 16.5. The number of allylic oxidation sites excluding steroid dienone is 4. The maximum atomic E-state index is 12.9. The topological polar surface area (TPSA) is 78.9 Å². The lowest BCUT2D eigenvalue weighted by Gasteiger charge is -2.18. The predicted molar refractivity (Wildman–Crippen MR) is 344 cm³/mol. The zero-order valence-electron chi connectivity index (χ0n) is 53.7. The molecule has 0 N–H and O–H groups in total. The van der Waals surface area contributed by atoms with Crippen molar-refractivity contribution in [2.24, 2.45) is 0 Å². The van der Waals surface area contributed by atoms with Crippen LogP contribution in [-0.4, -0.2) is 37.2 Å². The van der Waals surface area contributed by atoms with E-state index in [0.717, 1.165) is 64.2 Å². The smallest absolute Gasteiger partial charge is 0.306 e. The highest BCUT2D eigenvalue weighted by Crippen LogP contribution is 2.19. The molecule has 6 nitrogen and oxygen atoms in total. The number of carbonyl (C=O) groups is 3. The summed E-state index contributed by atoms with van der Waals surface area (Å²) in [5, 5.41) is 0. The van der Waals surface area contributed by atoms with E-state index in [2.05, 4.69) is 45.1 Å². The van der Waals surface area contributed by atoms with Gasteiger partial charge in [-0.1, -0.05) is 360 Å². The van der Waals surface area contributed by atoms with Crippen molar-refractivity contribution in [3.05, 3.63) is 24.3 Å². The van der Waals surface area contributed by atoms with Crippen LogP contribution >= 0.6 is 0 Å². The Morgan fingerprint density at radius 1 is 0.253 bits per heavy atom. The van der Waals surface area contributed by atoms with E-state index in [0.29, 0.717) is 19.3 Å². The Bertz CT molecular complexity index is 1270. The van der Waals surface area contributed by atoms with Crippen molar-refractivity contribution in [2.45, 2.75) is 412 Å². The second-order valence-corrected chi connectivity index (χ2v) is 24.5. The fourth-order valence-corrected chi connectivity index (χ4v) is 11.1. The van der Waals surface area contributed by atoms with Gasteiger partial charge in [0, 0.05) is 19.3 Å². The minimum absolute atomic E-state index is 0.0667. The second-order valence-electron chi connectivity index (χ2n) is 24.5. The second kappa shape index (κ2) is 68.4. The molecule has 0 aliphatic carbocycles. The van der Waals surface area contributed by atoms with Gasteiger partial charge in [0.15, 0.2) is 6.10 Å². The van der Waals surface area contributed by atoms with Crippen LogP contribution in [0.5, 0.6) is 0 Å². The van der Waals surface area contributed by atoms with Crippen LogP contribution in [0.2, 0.25) is 0 Å². The molecule has 0 aliphatic heterocycles. The van der Waals surface area contributed by atoms with Gasteiger partial charge in [0.2, 0.25) is 0 Å². The Morgan fingerprint density at radius 3 is 0.722 bits per heavy atom. The van der Waals surface area contributed by atoms with Crippen molar-refractivity contribution in [3.8, 4) is 0 Å². The van der Waals surface area contributed by atoms with Gasteiger partial charge in [-0.3, -0.25) is 14.4 Å². The molecular formula is C73H138O6. The number of rotatable bonds is 67. The van der Waals surface area contributed by atoms with E-state index in [9.17, 15) is 14.4 Å². The normalized spacial score (nSPS) is 12.1. The van der Waals surface area contributed by atoms with Crippen LogP contribution in [0.3, 0.4) is 0 Å². The molecule has 6 heteroatoms. The molecule has 0 spiro atoms. The molecule has 0 aromatic rings. The van der Waals surface area contributed by atoms with Gasteiger partial charge in [-0.2, -0.15) is 0 Å². The molecule has 1 unspecified atom stereocenters. The Kier molecular flexibility index (Phi) is 66.6. The van der Waals surface area contributed by atoms with Gasteiger partial charge in [0.1, 0.15) is 13.2 Å². The summed E-state index contributed by atoms with van der Waals surface area (Å²) in [5.41, 5.74) is 0. The molecule has 0 fully saturated rings. The lowest BCUT2D eigenvalue weighted by Crippen LogP contribution is -2.30. The lowest BCUT2D eigenvalue weighted by molar-refractivity contribution is -0.167. The van der Waals surface area contributed by atoms with Crippen LogP contribution < -0.4 is 0 Å². The van der Waals surface area contributed by atoms with Crippen LogP contribution in [0.15, 0.2) is 24.3 Å². The summed E-state index contributed by atoms with van der Waals surface area (Å²) in [4.78, 5) is 38.3. The molecule has 0 bridgehead atoms. The first-order valence-corrected chi connectivity index (χ1v) is 35.8. The third kappa shape index (κ3) is 66.6. The summed E-state index contributed by atoms with van der Waals surface area (Å²) in [6.45, 7) is 6.68. The fourth-order valence-electron chi connectivity index (χ4n) is 11.1. The molecule has 0 saturated heterocycles. The molecular weight excluding hydrogens is 973 g/mol. The molecule has 0 amide bonds. The molecule has 0 radical (unpaired) electrons. The summed E-state index contributed by atoms with van der Waals surface area (Å²) >= 11 is 0. The Balaban J connectivity index is 4.09. The van der Waals surface area contributed by atoms with Gasteiger partial charge in [0.25, 0.3) is 0 Å². The van der Waals surface area contributed by atoms with Crippen LogP contribution in [0.4, 0.5) is 0 Å². The van der Waals surface area contributed by atoms with E-state index in [-0.39, 0.29) is 31.1 Å². The monoisotopic (exact) mass is 1110 g/mol. The molecule has 79 heavy (non-hydrogen) atoms. The van der Waals surface area contributed by atoms with Gasteiger partial charge in [-0.05, 0) is 51.4 Å². The Morgan fingerprint density at radius 2 is 0.456 bits per heavy atom. The average molecular weight is 1110 g/mol. The number of ether oxygens (including phenoxy) is 3. The number of carbonyl (C=O) groups excluding carboxylic acids is 3. The fraction of sp³-hybridized carbons (Fsp3) is 0.904. The van der Waals surface area contributed by atoms with Gasteiger partial charge >= 0.3 is 17.9 Å². The molecule has 0 saturated carbocycles. The summed E-state index contributed by atoms with van der Waals surface area (Å²) in [5.74, 6) is -0.842. The summed E-state index contributed by atoms with van der Waals surface area (Å²) in [6, 6.07) is 0. The minimum Gasteiger partial charge on any atom is -0.462 e. The average Bonchev–Trinajstić information content (AvgIpc) is 3.45. The van der Waals surface area contributed by atoms with Crippen LogP contribution in [0.1, 0.15) is 406 Å². The minimum atomic E-state index is -0.770. The van der Waals surface area contributed by atoms with E-state index in [1.807, 2.05) is 0 Å². The standard InChI is InChI=1S/C73H138O6/c1-4-7-10-13-16-19-22-24-26-28-30-31-32-33-34-35-36-37-38-39-40-41-43-44-46-48-51-54-57-60-63-66-72(75)78-69-70(68-77-71(74)65-62-59-56-53-50-21-18-15-12-9-6-3)79-73(76)67-64-61-58-55-52-49-47-45-42-29-27-25-23-20-17-14-11-8-5-2/h17,20,25,27,70H,4-16,18-19,21-24,26,28-69H2,1-3H3/b20-17-,27-25-. The number of unbranched alkanes of at least 4 members (excludes halogenated alkanes) is 52. The molecule has 1 atom stereocenters. The highest BCUT2D eigenvalue weighted by Gasteiger charge is 2.19. The summed E-state index contributed by atoms with van der Waals surface area (Å²) in [6.07, 6.45) is 83.7. The number of hydrogen-bond donors (Lipinski definition) is 0. The van der Waals surface area contributed by atoms with Crippen molar-refractivity contribution in [1.82, 2.24) is 0 Å². The van der Waals surface area contributed by atoms with Crippen molar-refractivity contribution >= 4 is 17.9 Å². The molecule has 0 aromatic heterocycles. The highest BCUT2D eigenvalue weighted by atomic mass is 16.6. The van der Waals surface area contributed by atoms with E-state index in [4.69, 9.17) is 14.2 Å². The maximum absolute atomic E-state index is 12.9. The number of esters is 3. The summed E-state index contributed by atoms with van der Waals surface area (Å²) in [7, 11) is 0. The Hall–Kier alpha value is -2.11. The van der Waals surface area contributed by atoms with Gasteiger partial charge < -0.3 is 14.2 Å². The quantitative estimate of drug-likeness (QED) is 0.0261. The first kappa shape index (κ1) is 76.9. The molecule has 0 aliphatic rings. The van der Waals surface area contributed by atoms with E-state index in [1.54, 1.807) is 0 Å². The highest BCUT2D eigenvalue weighted by molar-refractivity contribution is 5.71. The lowest BCUT2D eigenvalue weighted by atomic mass is 10.0. The van der Waals surface area contributed by atoms with E-state index < -0.39 is 6.10 Å².